The Morgan fingerprint density at radius 1 is 1.11 bits per heavy atom. The van der Waals surface area contributed by atoms with Gasteiger partial charge >= 0.3 is 0 Å². The van der Waals surface area contributed by atoms with Crippen molar-refractivity contribution < 1.29 is 18.9 Å². The van der Waals surface area contributed by atoms with Gasteiger partial charge in [0.1, 0.15) is 29.8 Å². The van der Waals surface area contributed by atoms with Gasteiger partial charge in [0.05, 0.1) is 25.7 Å². The number of nitriles is 1. The van der Waals surface area contributed by atoms with Crippen LogP contribution in [-0.2, 0) is 4.74 Å². The molecule has 0 radical (unpaired) electrons. The molecule has 0 aromatic heterocycles. The molecular formula is C21H18N2O4. The molecule has 1 atom stereocenters. The van der Waals surface area contributed by atoms with E-state index < -0.39 is 0 Å². The number of methoxy groups -OCH3 is 2. The molecule has 0 bridgehead atoms. The number of hydrogen-bond donors (Lipinski definition) is 1. The Morgan fingerprint density at radius 2 is 1.89 bits per heavy atom. The molecule has 6 nitrogen and oxygen atoms in total. The van der Waals surface area contributed by atoms with Crippen molar-refractivity contribution >= 4 is 5.76 Å². The topological polar surface area (TPSA) is 86.7 Å². The summed E-state index contributed by atoms with van der Waals surface area (Å²) < 4.78 is 22.5. The van der Waals surface area contributed by atoms with Crippen LogP contribution in [0, 0.1) is 11.3 Å². The van der Waals surface area contributed by atoms with Crippen LogP contribution < -0.4 is 19.9 Å². The van der Waals surface area contributed by atoms with Crippen LogP contribution in [0.4, 0.5) is 0 Å². The van der Waals surface area contributed by atoms with E-state index in [1.165, 1.54) is 0 Å². The highest BCUT2D eigenvalue weighted by molar-refractivity contribution is 5.75. The van der Waals surface area contributed by atoms with E-state index in [9.17, 15) is 5.26 Å². The monoisotopic (exact) mass is 362 g/mol. The SMILES string of the molecule is COc1ccc([C@@H]2C(C#N)=C(N)OC3=C2COc2ccccc23)cc1OC. The number of allylic oxidation sites excluding steroid dienone is 1. The van der Waals surface area contributed by atoms with Crippen LogP contribution in [0.2, 0.25) is 0 Å². The number of nitrogens with zero attached hydrogens (tertiary/aromatic N) is 1. The van der Waals surface area contributed by atoms with Crippen molar-refractivity contribution in [1.82, 2.24) is 0 Å². The molecule has 0 spiro atoms. The van der Waals surface area contributed by atoms with E-state index in [-0.39, 0.29) is 11.8 Å². The zero-order chi connectivity index (χ0) is 19.0. The van der Waals surface area contributed by atoms with Gasteiger partial charge < -0.3 is 24.7 Å². The third kappa shape index (κ3) is 2.64. The summed E-state index contributed by atoms with van der Waals surface area (Å²) in [4.78, 5) is 0. The standard InChI is InChI=1S/C21H18N2O4/c1-24-17-8-7-12(9-18(17)25-2)19-14(10-22)21(23)27-20-13-5-3-4-6-16(13)26-11-15(19)20/h3-9,19H,11,23H2,1-2H3/t19-/m1/s1. The number of benzene rings is 2. The molecular weight excluding hydrogens is 344 g/mol. The largest absolute Gasteiger partial charge is 0.493 e. The lowest BCUT2D eigenvalue weighted by molar-refractivity contribution is 0.294. The second-order valence-electron chi connectivity index (χ2n) is 6.18. The summed E-state index contributed by atoms with van der Waals surface area (Å²) in [6.07, 6.45) is 0. The summed E-state index contributed by atoms with van der Waals surface area (Å²) in [5.74, 6) is 2.29. The van der Waals surface area contributed by atoms with Gasteiger partial charge in [-0.3, -0.25) is 0 Å². The quantitative estimate of drug-likeness (QED) is 0.901. The smallest absolute Gasteiger partial charge is 0.205 e. The van der Waals surface area contributed by atoms with Gasteiger partial charge in [-0.2, -0.15) is 5.26 Å². The van der Waals surface area contributed by atoms with Crippen molar-refractivity contribution in [2.45, 2.75) is 5.92 Å². The van der Waals surface area contributed by atoms with Crippen molar-refractivity contribution in [3.05, 3.63) is 70.6 Å². The lowest BCUT2D eigenvalue weighted by Gasteiger charge is -2.33. The predicted molar refractivity (Wildman–Crippen MR) is 99.1 cm³/mol. The zero-order valence-corrected chi connectivity index (χ0v) is 15.0. The Labute approximate surface area is 157 Å². The van der Waals surface area contributed by atoms with E-state index in [1.807, 2.05) is 42.5 Å². The van der Waals surface area contributed by atoms with Crippen LogP contribution in [0.25, 0.3) is 5.76 Å². The van der Waals surface area contributed by atoms with Crippen molar-refractivity contribution in [1.29, 1.82) is 5.26 Å². The maximum Gasteiger partial charge on any atom is 0.205 e. The van der Waals surface area contributed by atoms with Gasteiger partial charge in [-0.05, 0) is 29.8 Å². The fourth-order valence-electron chi connectivity index (χ4n) is 3.51. The Balaban J connectivity index is 1.90. The number of para-hydroxylation sites is 1. The molecule has 2 aliphatic rings. The molecule has 0 unspecified atom stereocenters. The molecule has 0 fully saturated rings. The number of fused-ring (bicyclic) bond motifs is 2. The van der Waals surface area contributed by atoms with Gasteiger partial charge in [-0.15, -0.1) is 0 Å². The molecule has 0 saturated carbocycles. The third-order valence-electron chi connectivity index (χ3n) is 4.78. The molecule has 6 heteroatoms. The highest BCUT2D eigenvalue weighted by Crippen LogP contribution is 2.47. The molecule has 0 amide bonds. The van der Waals surface area contributed by atoms with Crippen molar-refractivity contribution in [2.75, 3.05) is 20.8 Å². The molecule has 2 aromatic rings. The van der Waals surface area contributed by atoms with Gasteiger partial charge in [0.15, 0.2) is 11.5 Å². The molecule has 4 rings (SSSR count). The summed E-state index contributed by atoms with van der Waals surface area (Å²) in [6.45, 7) is 0.309. The Morgan fingerprint density at radius 3 is 2.63 bits per heavy atom. The average molecular weight is 362 g/mol. The first-order chi connectivity index (χ1) is 13.2. The summed E-state index contributed by atoms with van der Waals surface area (Å²) in [5.41, 5.74) is 8.99. The van der Waals surface area contributed by atoms with E-state index in [2.05, 4.69) is 6.07 Å². The molecule has 0 aliphatic carbocycles. The normalized spacial score (nSPS) is 17.9. The summed E-state index contributed by atoms with van der Waals surface area (Å²) in [5, 5.41) is 9.72. The molecule has 27 heavy (non-hydrogen) atoms. The first-order valence-electron chi connectivity index (χ1n) is 8.42. The van der Waals surface area contributed by atoms with Crippen molar-refractivity contribution in [2.24, 2.45) is 5.73 Å². The first kappa shape index (κ1) is 16.9. The second-order valence-corrected chi connectivity index (χ2v) is 6.18. The van der Waals surface area contributed by atoms with E-state index in [1.54, 1.807) is 14.2 Å². The van der Waals surface area contributed by atoms with Crippen LogP contribution in [0.15, 0.2) is 59.5 Å². The van der Waals surface area contributed by atoms with Crippen molar-refractivity contribution in [3.63, 3.8) is 0 Å². The van der Waals surface area contributed by atoms with Crippen molar-refractivity contribution in [3.8, 4) is 23.3 Å². The van der Waals surface area contributed by atoms with E-state index in [0.717, 1.165) is 22.4 Å². The fourth-order valence-corrected chi connectivity index (χ4v) is 3.51. The van der Waals surface area contributed by atoms with Gasteiger partial charge in [0, 0.05) is 5.57 Å². The Bertz CT molecular complexity index is 1020. The fraction of sp³-hybridized carbons (Fsp3) is 0.190. The molecule has 2 heterocycles. The molecule has 2 N–H and O–H groups in total. The first-order valence-corrected chi connectivity index (χ1v) is 8.42. The number of hydrogen-bond acceptors (Lipinski definition) is 6. The Kier molecular flexibility index (Phi) is 4.13. The van der Waals surface area contributed by atoms with E-state index in [0.29, 0.717) is 29.4 Å². The van der Waals surface area contributed by atoms with Gasteiger partial charge in [0.25, 0.3) is 0 Å². The van der Waals surface area contributed by atoms with Crippen LogP contribution in [0.1, 0.15) is 17.0 Å². The maximum atomic E-state index is 9.72. The lowest BCUT2D eigenvalue weighted by atomic mass is 9.81. The molecule has 2 aromatic carbocycles. The minimum Gasteiger partial charge on any atom is -0.493 e. The van der Waals surface area contributed by atoms with Gasteiger partial charge in [-0.1, -0.05) is 18.2 Å². The van der Waals surface area contributed by atoms with Crippen LogP contribution in [0.3, 0.4) is 0 Å². The van der Waals surface area contributed by atoms with Crippen LogP contribution in [-0.4, -0.2) is 20.8 Å². The number of rotatable bonds is 3. The van der Waals surface area contributed by atoms with Crippen LogP contribution >= 0.6 is 0 Å². The molecule has 136 valence electrons. The Hall–Kier alpha value is -3.59. The number of nitrogens with two attached hydrogens (primary N) is 1. The minimum atomic E-state index is -0.382. The van der Waals surface area contributed by atoms with Crippen LogP contribution in [0.5, 0.6) is 17.2 Å². The van der Waals surface area contributed by atoms with E-state index >= 15 is 0 Å². The highest BCUT2D eigenvalue weighted by Gasteiger charge is 2.37. The third-order valence-corrected chi connectivity index (χ3v) is 4.78. The highest BCUT2D eigenvalue weighted by atomic mass is 16.5. The zero-order valence-electron chi connectivity index (χ0n) is 15.0. The molecule has 0 saturated heterocycles. The molecule has 2 aliphatic heterocycles. The van der Waals surface area contributed by atoms with Gasteiger partial charge in [0.2, 0.25) is 5.88 Å². The summed E-state index contributed by atoms with van der Waals surface area (Å²) >= 11 is 0. The lowest BCUT2D eigenvalue weighted by Crippen LogP contribution is -2.26. The minimum absolute atomic E-state index is 0.104. The second kappa shape index (κ2) is 6.61. The number of ether oxygens (including phenoxy) is 4. The van der Waals surface area contributed by atoms with Gasteiger partial charge in [-0.25, -0.2) is 0 Å². The summed E-state index contributed by atoms with van der Waals surface area (Å²) in [6, 6.07) is 15.4. The maximum absolute atomic E-state index is 9.72. The summed E-state index contributed by atoms with van der Waals surface area (Å²) in [7, 11) is 3.16. The van der Waals surface area contributed by atoms with E-state index in [4.69, 9.17) is 24.7 Å². The average Bonchev–Trinajstić information content (AvgIpc) is 2.72. The predicted octanol–water partition coefficient (Wildman–Crippen LogP) is 3.32.